The Morgan fingerprint density at radius 3 is 2.11 bits per heavy atom. The molecule has 0 radical (unpaired) electrons. The van der Waals surface area contributed by atoms with Crippen molar-refractivity contribution in [1.82, 2.24) is 0 Å². The Morgan fingerprint density at radius 2 is 2.00 bits per heavy atom. The Kier molecular flexibility index (Phi) is 3.13. The van der Waals surface area contributed by atoms with Gasteiger partial charge in [-0.1, -0.05) is 19.4 Å². The molecular weight excluding hydrogens is 119 g/mol. The number of hydrogen-bond donors (Lipinski definition) is 0. The predicted octanol–water partition coefficient (Wildman–Crippen LogP) is 2.08. The van der Waals surface area contributed by atoms with E-state index in [0.29, 0.717) is 0 Å². The normalized spacial score (nSPS) is 12.3. The van der Waals surface area contributed by atoms with Crippen LogP contribution in [0.4, 0.5) is 4.39 Å². The van der Waals surface area contributed by atoms with Crippen LogP contribution in [0.3, 0.4) is 0 Å². The Bertz CT molecular complexity index is 136. The second-order valence-electron chi connectivity index (χ2n) is 2.35. The van der Waals surface area contributed by atoms with E-state index in [4.69, 9.17) is 0 Å². The summed E-state index contributed by atoms with van der Waals surface area (Å²) in [5.41, 5.74) is 0.780. The van der Waals surface area contributed by atoms with Gasteiger partial charge in [-0.15, -0.1) is 0 Å². The third kappa shape index (κ3) is 3.88. The first kappa shape index (κ1) is 8.34. The highest BCUT2D eigenvalue weighted by molar-refractivity contribution is 5.81. The lowest BCUT2D eigenvalue weighted by atomic mass is 10.1. The molecule has 0 saturated carbocycles. The highest BCUT2D eigenvalue weighted by Gasteiger charge is 1.98. The fourth-order valence-corrected chi connectivity index (χ4v) is 0.346. The Hall–Kier alpha value is -0.660. The molecule has 0 saturated heterocycles. The summed E-state index contributed by atoms with van der Waals surface area (Å²) in [4.78, 5) is 9.82. The molecule has 0 bridgehead atoms. The van der Waals surface area contributed by atoms with Crippen LogP contribution in [0.5, 0.6) is 0 Å². The van der Waals surface area contributed by atoms with Crippen molar-refractivity contribution in [3.63, 3.8) is 0 Å². The summed E-state index contributed by atoms with van der Waals surface area (Å²) in [7, 11) is 0. The lowest BCUT2D eigenvalue weighted by molar-refractivity contribution is -0.124. The molecule has 0 aromatic carbocycles. The van der Waals surface area contributed by atoms with E-state index >= 15 is 0 Å². The van der Waals surface area contributed by atoms with Crippen LogP contribution in [0.25, 0.3) is 0 Å². The highest BCUT2D eigenvalue weighted by atomic mass is 19.1. The van der Waals surface area contributed by atoms with Gasteiger partial charge in [-0.2, -0.15) is 4.39 Å². The molecule has 0 N–H and O–H groups in total. The SMILES string of the molecule is CC(=CC(=O)F)C(C)C. The molecule has 0 aliphatic heterocycles. The van der Waals surface area contributed by atoms with Crippen LogP contribution < -0.4 is 0 Å². The first-order valence-electron chi connectivity index (χ1n) is 2.91. The molecule has 0 amide bonds. The summed E-state index contributed by atoms with van der Waals surface area (Å²) >= 11 is 0. The van der Waals surface area contributed by atoms with Crippen molar-refractivity contribution in [2.75, 3.05) is 0 Å². The van der Waals surface area contributed by atoms with Gasteiger partial charge in [-0.05, 0) is 12.8 Å². The molecule has 0 heterocycles. The van der Waals surface area contributed by atoms with Crippen molar-refractivity contribution in [2.24, 2.45) is 5.92 Å². The van der Waals surface area contributed by atoms with Crippen LogP contribution in [-0.4, -0.2) is 6.04 Å². The zero-order chi connectivity index (χ0) is 7.44. The van der Waals surface area contributed by atoms with E-state index in [9.17, 15) is 9.18 Å². The lowest BCUT2D eigenvalue weighted by Crippen LogP contribution is -1.91. The van der Waals surface area contributed by atoms with E-state index < -0.39 is 6.04 Å². The number of allylic oxidation sites excluding steroid dienone is 2. The Morgan fingerprint density at radius 1 is 1.56 bits per heavy atom. The summed E-state index contributed by atoms with van der Waals surface area (Å²) in [6, 6.07) is -1.36. The van der Waals surface area contributed by atoms with Crippen molar-refractivity contribution in [3.05, 3.63) is 11.6 Å². The van der Waals surface area contributed by atoms with E-state index in [-0.39, 0.29) is 5.92 Å². The molecule has 0 aliphatic carbocycles. The maximum Gasteiger partial charge on any atom is 0.324 e. The molecule has 0 aliphatic rings. The average Bonchev–Trinajstić information content (AvgIpc) is 1.63. The minimum Gasteiger partial charge on any atom is -0.256 e. The van der Waals surface area contributed by atoms with Gasteiger partial charge >= 0.3 is 6.04 Å². The largest absolute Gasteiger partial charge is 0.324 e. The van der Waals surface area contributed by atoms with Crippen molar-refractivity contribution in [3.8, 4) is 0 Å². The summed E-state index contributed by atoms with van der Waals surface area (Å²) in [5.74, 6) is 0.254. The van der Waals surface area contributed by atoms with Gasteiger partial charge in [-0.3, -0.25) is 4.79 Å². The lowest BCUT2D eigenvalue weighted by Gasteiger charge is -2.00. The van der Waals surface area contributed by atoms with Gasteiger partial charge in [0.05, 0.1) is 0 Å². The number of rotatable bonds is 2. The van der Waals surface area contributed by atoms with E-state index in [0.717, 1.165) is 11.6 Å². The molecule has 0 aromatic rings. The fraction of sp³-hybridized carbons (Fsp3) is 0.571. The Labute approximate surface area is 54.6 Å². The van der Waals surface area contributed by atoms with Gasteiger partial charge in [0.25, 0.3) is 0 Å². The molecular formula is C7H11FO. The standard InChI is InChI=1S/C7H11FO/c1-5(2)6(3)4-7(8)9/h4-5H,1-3H3. The molecule has 9 heavy (non-hydrogen) atoms. The second kappa shape index (κ2) is 3.38. The monoisotopic (exact) mass is 130 g/mol. The third-order valence-electron chi connectivity index (χ3n) is 1.25. The molecule has 0 atom stereocenters. The van der Waals surface area contributed by atoms with Crippen LogP contribution in [0.2, 0.25) is 0 Å². The van der Waals surface area contributed by atoms with Gasteiger partial charge in [0.1, 0.15) is 0 Å². The van der Waals surface area contributed by atoms with Crippen molar-refractivity contribution in [1.29, 1.82) is 0 Å². The molecule has 0 rings (SSSR count). The van der Waals surface area contributed by atoms with Crippen molar-refractivity contribution < 1.29 is 9.18 Å². The number of hydrogen-bond acceptors (Lipinski definition) is 1. The molecule has 0 aromatic heterocycles. The number of halogens is 1. The van der Waals surface area contributed by atoms with Gasteiger partial charge in [0, 0.05) is 6.08 Å². The van der Waals surface area contributed by atoms with Gasteiger partial charge in [-0.25, -0.2) is 0 Å². The second-order valence-corrected chi connectivity index (χ2v) is 2.35. The van der Waals surface area contributed by atoms with Gasteiger partial charge in [0.2, 0.25) is 0 Å². The van der Waals surface area contributed by atoms with Crippen molar-refractivity contribution in [2.45, 2.75) is 20.8 Å². The van der Waals surface area contributed by atoms with Crippen molar-refractivity contribution >= 4 is 6.04 Å². The quantitative estimate of drug-likeness (QED) is 0.413. The molecule has 0 unspecified atom stereocenters. The minimum absolute atomic E-state index is 0.254. The van der Waals surface area contributed by atoms with Crippen LogP contribution in [0.1, 0.15) is 20.8 Å². The van der Waals surface area contributed by atoms with Crippen LogP contribution >= 0.6 is 0 Å². The third-order valence-corrected chi connectivity index (χ3v) is 1.25. The number of carbonyl (C=O) groups excluding carboxylic acids is 1. The maximum atomic E-state index is 11.6. The van der Waals surface area contributed by atoms with Gasteiger partial charge in [0.15, 0.2) is 0 Å². The van der Waals surface area contributed by atoms with E-state index in [1.807, 2.05) is 13.8 Å². The summed E-state index contributed by atoms with van der Waals surface area (Å²) in [5, 5.41) is 0. The van der Waals surface area contributed by atoms with Crippen LogP contribution in [-0.2, 0) is 4.79 Å². The molecule has 1 nitrogen and oxygen atoms in total. The first-order valence-corrected chi connectivity index (χ1v) is 2.91. The van der Waals surface area contributed by atoms with E-state index in [1.165, 1.54) is 0 Å². The van der Waals surface area contributed by atoms with Gasteiger partial charge < -0.3 is 0 Å². The number of carbonyl (C=O) groups is 1. The zero-order valence-corrected chi connectivity index (χ0v) is 5.94. The Balaban J connectivity index is 4.00. The molecule has 52 valence electrons. The smallest absolute Gasteiger partial charge is 0.256 e. The zero-order valence-electron chi connectivity index (χ0n) is 5.94. The predicted molar refractivity (Wildman–Crippen MR) is 34.7 cm³/mol. The van der Waals surface area contributed by atoms with Crippen LogP contribution in [0, 0.1) is 5.92 Å². The van der Waals surface area contributed by atoms with E-state index in [1.54, 1.807) is 6.92 Å². The molecule has 2 heteroatoms. The maximum absolute atomic E-state index is 11.6. The molecule has 0 spiro atoms. The summed E-state index contributed by atoms with van der Waals surface area (Å²) in [6.07, 6.45) is 1.02. The first-order chi connectivity index (χ1) is 4.04. The summed E-state index contributed by atoms with van der Waals surface area (Å²) in [6.45, 7) is 5.56. The average molecular weight is 130 g/mol. The highest BCUT2D eigenvalue weighted by Crippen LogP contribution is 2.07. The molecule has 0 fully saturated rings. The fourth-order valence-electron chi connectivity index (χ4n) is 0.346. The summed E-state index contributed by atoms with van der Waals surface area (Å²) < 4.78 is 11.6. The van der Waals surface area contributed by atoms with Crippen LogP contribution in [0.15, 0.2) is 11.6 Å². The minimum atomic E-state index is -1.36. The topological polar surface area (TPSA) is 17.1 Å². The van der Waals surface area contributed by atoms with E-state index in [2.05, 4.69) is 0 Å².